The van der Waals surface area contributed by atoms with Gasteiger partial charge in [-0.1, -0.05) is 6.07 Å². The smallest absolute Gasteiger partial charge is 0.343 e. The van der Waals surface area contributed by atoms with Gasteiger partial charge in [0.2, 0.25) is 0 Å². The molecule has 2 aromatic carbocycles. The first-order valence-corrected chi connectivity index (χ1v) is 9.02. The molecule has 0 bridgehead atoms. The van der Waals surface area contributed by atoms with Gasteiger partial charge in [-0.05, 0) is 35.9 Å². The summed E-state index contributed by atoms with van der Waals surface area (Å²) in [6.07, 6.45) is 0. The maximum atomic E-state index is 13.0. The van der Waals surface area contributed by atoms with Crippen LogP contribution in [0.3, 0.4) is 0 Å². The SMILES string of the molecule is COC(=O)COc1ccc(CN2CCOc3ccc(OC)cc3C2=O)cc1OC. The Kier molecular flexibility index (Phi) is 6.43. The van der Waals surface area contributed by atoms with Crippen LogP contribution in [-0.2, 0) is 16.1 Å². The number of amides is 1. The van der Waals surface area contributed by atoms with Crippen molar-refractivity contribution in [2.75, 3.05) is 41.1 Å². The van der Waals surface area contributed by atoms with E-state index in [1.54, 1.807) is 42.3 Å². The summed E-state index contributed by atoms with van der Waals surface area (Å²) in [6.45, 7) is 0.987. The zero-order valence-electron chi connectivity index (χ0n) is 16.6. The highest BCUT2D eigenvalue weighted by molar-refractivity contribution is 5.97. The molecule has 0 N–H and O–H groups in total. The highest BCUT2D eigenvalue weighted by atomic mass is 16.6. The average molecular weight is 401 g/mol. The summed E-state index contributed by atoms with van der Waals surface area (Å²) < 4.78 is 26.3. The Morgan fingerprint density at radius 3 is 2.62 bits per heavy atom. The first kappa shape index (κ1) is 20.3. The number of esters is 1. The van der Waals surface area contributed by atoms with Gasteiger partial charge in [-0.15, -0.1) is 0 Å². The van der Waals surface area contributed by atoms with Crippen molar-refractivity contribution in [2.45, 2.75) is 6.54 Å². The van der Waals surface area contributed by atoms with E-state index in [4.69, 9.17) is 18.9 Å². The molecule has 1 amide bonds. The van der Waals surface area contributed by atoms with Gasteiger partial charge in [-0.3, -0.25) is 4.79 Å². The molecule has 0 fully saturated rings. The van der Waals surface area contributed by atoms with Crippen LogP contribution in [0.1, 0.15) is 15.9 Å². The Bertz CT molecular complexity index is 897. The van der Waals surface area contributed by atoms with Gasteiger partial charge in [-0.25, -0.2) is 4.79 Å². The zero-order chi connectivity index (χ0) is 20.8. The fourth-order valence-corrected chi connectivity index (χ4v) is 2.96. The van der Waals surface area contributed by atoms with Crippen molar-refractivity contribution in [3.05, 3.63) is 47.5 Å². The highest BCUT2D eigenvalue weighted by Gasteiger charge is 2.24. The predicted molar refractivity (Wildman–Crippen MR) is 104 cm³/mol. The van der Waals surface area contributed by atoms with Gasteiger partial charge in [0.15, 0.2) is 18.1 Å². The summed E-state index contributed by atoms with van der Waals surface area (Å²) in [7, 11) is 4.36. The number of hydrogen-bond donors (Lipinski definition) is 0. The van der Waals surface area contributed by atoms with Gasteiger partial charge in [-0.2, -0.15) is 0 Å². The number of carbonyl (C=O) groups is 2. The molecule has 0 saturated heterocycles. The fraction of sp³-hybridized carbons (Fsp3) is 0.333. The number of benzene rings is 2. The molecule has 0 aromatic heterocycles. The van der Waals surface area contributed by atoms with E-state index in [9.17, 15) is 9.59 Å². The predicted octanol–water partition coefficient (Wildman–Crippen LogP) is 2.29. The molecular weight excluding hydrogens is 378 g/mol. The lowest BCUT2D eigenvalue weighted by Gasteiger charge is -2.21. The van der Waals surface area contributed by atoms with Crippen LogP contribution in [0.2, 0.25) is 0 Å². The molecule has 0 aliphatic carbocycles. The zero-order valence-corrected chi connectivity index (χ0v) is 16.6. The second-order valence-corrected chi connectivity index (χ2v) is 6.29. The largest absolute Gasteiger partial charge is 0.497 e. The van der Waals surface area contributed by atoms with Crippen molar-refractivity contribution >= 4 is 11.9 Å². The second kappa shape index (κ2) is 9.18. The molecule has 1 aliphatic heterocycles. The molecule has 29 heavy (non-hydrogen) atoms. The number of carbonyl (C=O) groups excluding carboxylic acids is 2. The van der Waals surface area contributed by atoms with E-state index >= 15 is 0 Å². The number of methoxy groups -OCH3 is 3. The van der Waals surface area contributed by atoms with Crippen LogP contribution in [0.15, 0.2) is 36.4 Å². The Labute approximate surface area is 168 Å². The van der Waals surface area contributed by atoms with Crippen LogP contribution in [0.25, 0.3) is 0 Å². The molecule has 0 atom stereocenters. The van der Waals surface area contributed by atoms with E-state index in [0.29, 0.717) is 48.3 Å². The molecule has 1 heterocycles. The molecule has 8 nitrogen and oxygen atoms in total. The summed E-state index contributed by atoms with van der Waals surface area (Å²) in [5.41, 5.74) is 1.32. The minimum atomic E-state index is -0.486. The van der Waals surface area contributed by atoms with Crippen molar-refractivity contribution in [1.82, 2.24) is 4.90 Å². The van der Waals surface area contributed by atoms with E-state index in [0.717, 1.165) is 5.56 Å². The quantitative estimate of drug-likeness (QED) is 0.658. The molecule has 0 unspecified atom stereocenters. The third-order valence-corrected chi connectivity index (χ3v) is 4.50. The lowest BCUT2D eigenvalue weighted by molar-refractivity contribution is -0.142. The van der Waals surface area contributed by atoms with Crippen LogP contribution in [0.5, 0.6) is 23.0 Å². The van der Waals surface area contributed by atoms with Crippen molar-refractivity contribution in [1.29, 1.82) is 0 Å². The first-order chi connectivity index (χ1) is 14.0. The first-order valence-electron chi connectivity index (χ1n) is 9.02. The maximum absolute atomic E-state index is 13.0. The Morgan fingerprint density at radius 2 is 1.90 bits per heavy atom. The summed E-state index contributed by atoms with van der Waals surface area (Å²) >= 11 is 0. The normalized spacial score (nSPS) is 13.1. The third-order valence-electron chi connectivity index (χ3n) is 4.50. The van der Waals surface area contributed by atoms with Gasteiger partial charge < -0.3 is 28.6 Å². The number of ether oxygens (including phenoxy) is 5. The Hall–Kier alpha value is -3.42. The lowest BCUT2D eigenvalue weighted by Crippen LogP contribution is -2.31. The molecule has 154 valence electrons. The highest BCUT2D eigenvalue weighted by Crippen LogP contribution is 2.31. The van der Waals surface area contributed by atoms with E-state index in [-0.39, 0.29) is 12.5 Å². The van der Waals surface area contributed by atoms with Crippen molar-refractivity contribution < 1.29 is 33.3 Å². The van der Waals surface area contributed by atoms with Crippen molar-refractivity contribution in [3.63, 3.8) is 0 Å². The van der Waals surface area contributed by atoms with Gasteiger partial charge >= 0.3 is 5.97 Å². The van der Waals surface area contributed by atoms with Gasteiger partial charge in [0.25, 0.3) is 5.91 Å². The van der Waals surface area contributed by atoms with Crippen LogP contribution >= 0.6 is 0 Å². The van der Waals surface area contributed by atoms with E-state index in [1.807, 2.05) is 6.07 Å². The van der Waals surface area contributed by atoms with Crippen LogP contribution in [0, 0.1) is 0 Å². The van der Waals surface area contributed by atoms with Crippen molar-refractivity contribution in [3.8, 4) is 23.0 Å². The number of hydrogen-bond acceptors (Lipinski definition) is 7. The topological polar surface area (TPSA) is 83.5 Å². The van der Waals surface area contributed by atoms with Crippen LogP contribution < -0.4 is 18.9 Å². The summed E-state index contributed by atoms with van der Waals surface area (Å²) in [4.78, 5) is 26.0. The van der Waals surface area contributed by atoms with E-state index in [2.05, 4.69) is 4.74 Å². The Morgan fingerprint density at radius 1 is 1.07 bits per heavy atom. The van der Waals surface area contributed by atoms with E-state index < -0.39 is 5.97 Å². The monoisotopic (exact) mass is 401 g/mol. The molecular formula is C21H23NO7. The lowest BCUT2D eigenvalue weighted by atomic mass is 10.1. The minimum Gasteiger partial charge on any atom is -0.497 e. The number of rotatable bonds is 7. The number of nitrogens with zero attached hydrogens (tertiary/aromatic N) is 1. The molecule has 0 spiro atoms. The minimum absolute atomic E-state index is 0.138. The Balaban J connectivity index is 1.78. The summed E-state index contributed by atoms with van der Waals surface area (Å²) in [6, 6.07) is 10.5. The molecule has 2 aromatic rings. The van der Waals surface area contributed by atoms with Crippen LogP contribution in [0.4, 0.5) is 0 Å². The molecule has 1 aliphatic rings. The van der Waals surface area contributed by atoms with Crippen molar-refractivity contribution in [2.24, 2.45) is 0 Å². The second-order valence-electron chi connectivity index (χ2n) is 6.29. The third kappa shape index (κ3) is 4.71. The van der Waals surface area contributed by atoms with Crippen LogP contribution in [-0.4, -0.2) is 57.9 Å². The van der Waals surface area contributed by atoms with Gasteiger partial charge in [0.05, 0.1) is 33.4 Å². The molecule has 8 heteroatoms. The summed E-state index contributed by atoms with van der Waals surface area (Å²) in [5, 5.41) is 0. The molecule has 0 saturated carbocycles. The number of fused-ring (bicyclic) bond motifs is 1. The molecule has 3 rings (SSSR count). The van der Waals surface area contributed by atoms with Gasteiger partial charge in [0, 0.05) is 6.54 Å². The van der Waals surface area contributed by atoms with Gasteiger partial charge in [0.1, 0.15) is 18.1 Å². The standard InChI is InChI=1S/C21H23NO7/c1-25-15-5-7-17-16(11-15)21(24)22(8-9-28-17)12-14-4-6-18(19(10-14)26-2)29-13-20(23)27-3/h4-7,10-11H,8-9,12-13H2,1-3H3. The molecule has 0 radical (unpaired) electrons. The summed E-state index contributed by atoms with van der Waals surface area (Å²) in [5.74, 6) is 1.40. The fourth-order valence-electron chi connectivity index (χ4n) is 2.96. The average Bonchev–Trinajstić information content (AvgIpc) is 2.90. The maximum Gasteiger partial charge on any atom is 0.343 e. The van der Waals surface area contributed by atoms with E-state index in [1.165, 1.54) is 14.2 Å².